The molecule has 0 saturated heterocycles. The van der Waals surface area contributed by atoms with E-state index in [1.54, 1.807) is 18.2 Å². The predicted octanol–water partition coefficient (Wildman–Crippen LogP) is 4.94. The highest BCUT2D eigenvalue weighted by Crippen LogP contribution is 2.39. The van der Waals surface area contributed by atoms with Crippen LogP contribution in [-0.4, -0.2) is 0 Å². The Morgan fingerprint density at radius 2 is 1.58 bits per heavy atom. The number of rotatable bonds is 1. The molecule has 2 aromatic carbocycles. The topological polar surface area (TPSA) is 0 Å². The maximum atomic E-state index is 13.1. The van der Waals surface area contributed by atoms with E-state index in [0.717, 1.165) is 17.2 Å². The van der Waals surface area contributed by atoms with E-state index in [4.69, 9.17) is 0 Å². The lowest BCUT2D eigenvalue weighted by Crippen LogP contribution is -2.07. The van der Waals surface area contributed by atoms with E-state index in [-0.39, 0.29) is 5.56 Å². The lowest BCUT2D eigenvalue weighted by atomic mass is 9.93. The number of halogens is 3. The first kappa shape index (κ1) is 12.0. The van der Waals surface area contributed by atoms with Crippen molar-refractivity contribution in [2.24, 2.45) is 0 Å². The van der Waals surface area contributed by atoms with Gasteiger partial charge in [-0.25, -0.2) is 0 Å². The van der Waals surface area contributed by atoms with Gasteiger partial charge in [0.1, 0.15) is 0 Å². The van der Waals surface area contributed by atoms with Gasteiger partial charge in [0.2, 0.25) is 0 Å². The van der Waals surface area contributed by atoms with Crippen LogP contribution in [0.25, 0.3) is 17.2 Å². The Kier molecular flexibility index (Phi) is 2.70. The lowest BCUT2D eigenvalue weighted by molar-refractivity contribution is -0.137. The van der Waals surface area contributed by atoms with Crippen molar-refractivity contribution in [2.45, 2.75) is 12.6 Å². The van der Waals surface area contributed by atoms with Gasteiger partial charge in [0.15, 0.2) is 0 Å². The van der Waals surface area contributed by atoms with Crippen molar-refractivity contribution in [3.63, 3.8) is 0 Å². The van der Waals surface area contributed by atoms with E-state index in [0.29, 0.717) is 12.0 Å². The fraction of sp³-hybridized carbons (Fsp3) is 0.125. The van der Waals surface area contributed by atoms with Crippen LogP contribution in [0.5, 0.6) is 0 Å². The van der Waals surface area contributed by atoms with Gasteiger partial charge >= 0.3 is 6.18 Å². The lowest BCUT2D eigenvalue weighted by Gasteiger charge is -2.15. The van der Waals surface area contributed by atoms with E-state index in [1.807, 2.05) is 18.2 Å². The van der Waals surface area contributed by atoms with Gasteiger partial charge < -0.3 is 0 Å². The van der Waals surface area contributed by atoms with E-state index < -0.39 is 11.7 Å². The quantitative estimate of drug-likeness (QED) is 0.681. The van der Waals surface area contributed by atoms with Gasteiger partial charge in [-0.1, -0.05) is 48.6 Å². The van der Waals surface area contributed by atoms with Crippen molar-refractivity contribution >= 4 is 6.08 Å². The molecule has 0 atom stereocenters. The summed E-state index contributed by atoms with van der Waals surface area (Å²) in [7, 11) is 0. The van der Waals surface area contributed by atoms with E-state index >= 15 is 0 Å². The van der Waals surface area contributed by atoms with E-state index in [1.165, 1.54) is 12.1 Å². The van der Waals surface area contributed by atoms with Gasteiger partial charge in [-0.05, 0) is 34.7 Å². The first-order valence-corrected chi connectivity index (χ1v) is 6.02. The molecule has 3 heteroatoms. The van der Waals surface area contributed by atoms with Crippen LogP contribution in [0, 0.1) is 0 Å². The summed E-state index contributed by atoms with van der Waals surface area (Å²) in [5.74, 6) is 0. The van der Waals surface area contributed by atoms with Crippen LogP contribution in [0.15, 0.2) is 48.5 Å². The van der Waals surface area contributed by atoms with Crippen molar-refractivity contribution in [3.8, 4) is 11.1 Å². The summed E-state index contributed by atoms with van der Waals surface area (Å²) in [4.78, 5) is 0. The van der Waals surface area contributed by atoms with Crippen molar-refractivity contribution in [2.75, 3.05) is 0 Å². The molecule has 96 valence electrons. The molecule has 0 nitrogen and oxygen atoms in total. The van der Waals surface area contributed by atoms with Crippen LogP contribution in [0.3, 0.4) is 0 Å². The second-order valence-electron chi connectivity index (χ2n) is 4.52. The summed E-state index contributed by atoms with van der Waals surface area (Å²) in [5, 5.41) is 0. The molecule has 3 rings (SSSR count). The third-order valence-electron chi connectivity index (χ3n) is 3.35. The molecule has 1 aliphatic carbocycles. The van der Waals surface area contributed by atoms with Crippen LogP contribution >= 0.6 is 0 Å². The molecule has 0 aliphatic heterocycles. The average Bonchev–Trinajstić information content (AvgIpc) is 2.85. The van der Waals surface area contributed by atoms with Gasteiger partial charge in [0.25, 0.3) is 0 Å². The molecule has 0 radical (unpaired) electrons. The molecule has 0 fully saturated rings. The van der Waals surface area contributed by atoms with Gasteiger partial charge in [-0.2, -0.15) is 13.2 Å². The number of alkyl halides is 3. The molecule has 0 saturated carbocycles. The number of benzene rings is 2. The van der Waals surface area contributed by atoms with Gasteiger partial charge in [-0.15, -0.1) is 0 Å². The monoisotopic (exact) mass is 260 g/mol. The molecule has 0 spiro atoms. The zero-order valence-corrected chi connectivity index (χ0v) is 10.0. The molecule has 0 unspecified atom stereocenters. The molecule has 0 bridgehead atoms. The largest absolute Gasteiger partial charge is 0.417 e. The van der Waals surface area contributed by atoms with Crippen molar-refractivity contribution in [1.29, 1.82) is 0 Å². The minimum atomic E-state index is -4.33. The number of fused-ring (bicyclic) bond motifs is 1. The summed E-state index contributed by atoms with van der Waals surface area (Å²) < 4.78 is 39.2. The summed E-state index contributed by atoms with van der Waals surface area (Å²) in [5.41, 5.74) is 2.34. The minimum absolute atomic E-state index is 0.260. The molecule has 1 aliphatic rings. The summed E-state index contributed by atoms with van der Waals surface area (Å²) >= 11 is 0. The molecular formula is C16H11F3. The predicted molar refractivity (Wildman–Crippen MR) is 69.6 cm³/mol. The average molecular weight is 260 g/mol. The molecule has 19 heavy (non-hydrogen) atoms. The third kappa shape index (κ3) is 2.05. The Labute approximate surface area is 109 Å². The van der Waals surface area contributed by atoms with E-state index in [2.05, 4.69) is 0 Å². The second-order valence-corrected chi connectivity index (χ2v) is 4.52. The number of hydrogen-bond acceptors (Lipinski definition) is 0. The molecule has 0 N–H and O–H groups in total. The Hall–Kier alpha value is -2.03. The van der Waals surface area contributed by atoms with Crippen molar-refractivity contribution < 1.29 is 13.2 Å². The smallest absolute Gasteiger partial charge is 0.166 e. The Morgan fingerprint density at radius 3 is 2.37 bits per heavy atom. The highest BCUT2D eigenvalue weighted by molar-refractivity contribution is 5.77. The number of hydrogen-bond donors (Lipinski definition) is 0. The SMILES string of the molecule is FC(F)(F)c1ccccc1-c1cccc2c1CC=C2. The van der Waals surface area contributed by atoms with E-state index in [9.17, 15) is 13.2 Å². The van der Waals surface area contributed by atoms with Crippen molar-refractivity contribution in [1.82, 2.24) is 0 Å². The Bertz CT molecular complexity index is 651. The van der Waals surface area contributed by atoms with Crippen LogP contribution in [0.4, 0.5) is 13.2 Å². The van der Waals surface area contributed by atoms with Gasteiger partial charge in [0, 0.05) is 0 Å². The fourth-order valence-electron chi connectivity index (χ4n) is 2.51. The molecule has 2 aromatic rings. The highest BCUT2D eigenvalue weighted by atomic mass is 19.4. The van der Waals surface area contributed by atoms with Gasteiger partial charge in [-0.3, -0.25) is 0 Å². The Morgan fingerprint density at radius 1 is 0.842 bits per heavy atom. The maximum absolute atomic E-state index is 13.1. The highest BCUT2D eigenvalue weighted by Gasteiger charge is 2.33. The van der Waals surface area contributed by atoms with Crippen molar-refractivity contribution in [3.05, 3.63) is 65.2 Å². The third-order valence-corrected chi connectivity index (χ3v) is 3.35. The first-order valence-electron chi connectivity index (χ1n) is 6.02. The Balaban J connectivity index is 2.22. The maximum Gasteiger partial charge on any atom is 0.417 e. The molecular weight excluding hydrogens is 249 g/mol. The molecule has 0 aromatic heterocycles. The summed E-state index contributed by atoms with van der Waals surface area (Å²) in [6.07, 6.45) is 0.294. The standard InChI is InChI=1S/C16H11F3/c17-16(18,19)15-10-2-1-7-14(15)13-9-4-6-11-5-3-8-12(11)13/h1-7,9-10H,8H2. The van der Waals surface area contributed by atoms with Crippen LogP contribution in [0.2, 0.25) is 0 Å². The summed E-state index contributed by atoms with van der Waals surface area (Å²) in [6, 6.07) is 11.2. The normalized spacial score (nSPS) is 13.6. The molecule has 0 amide bonds. The number of allylic oxidation sites excluding steroid dienone is 1. The van der Waals surface area contributed by atoms with Gasteiger partial charge in [0.05, 0.1) is 5.56 Å². The minimum Gasteiger partial charge on any atom is -0.166 e. The zero-order valence-electron chi connectivity index (χ0n) is 10.0. The second kappa shape index (κ2) is 4.26. The molecule has 0 heterocycles. The van der Waals surface area contributed by atoms with Crippen LogP contribution < -0.4 is 0 Å². The van der Waals surface area contributed by atoms with Crippen LogP contribution in [-0.2, 0) is 12.6 Å². The fourth-order valence-corrected chi connectivity index (χ4v) is 2.51. The zero-order chi connectivity index (χ0) is 13.5. The van der Waals surface area contributed by atoms with Crippen LogP contribution in [0.1, 0.15) is 16.7 Å². The summed E-state index contributed by atoms with van der Waals surface area (Å²) in [6.45, 7) is 0. The first-order chi connectivity index (χ1) is 9.07.